The van der Waals surface area contributed by atoms with Gasteiger partial charge in [-0.15, -0.1) is 0 Å². The average molecular weight is 923 g/mol. The number of nitrogens with one attached hydrogen (secondary N) is 1. The molecule has 0 heterocycles. The molecule has 0 fully saturated rings. The Kier molecular flexibility index (Phi) is 55.7. The van der Waals surface area contributed by atoms with Crippen molar-refractivity contribution in [1.29, 1.82) is 0 Å². The maximum absolute atomic E-state index is 12.5. The Bertz CT molecular complexity index is 1090. The van der Waals surface area contributed by atoms with E-state index in [0.717, 1.165) is 51.4 Å². The van der Waals surface area contributed by atoms with Crippen LogP contribution in [0.1, 0.15) is 309 Å². The van der Waals surface area contributed by atoms with Crippen LogP contribution in [0, 0.1) is 0 Å². The Hall–Kier alpha value is -1.91. The monoisotopic (exact) mass is 922 g/mol. The Morgan fingerprint density at radius 2 is 0.667 bits per heavy atom. The van der Waals surface area contributed by atoms with E-state index in [4.69, 9.17) is 0 Å². The van der Waals surface area contributed by atoms with Crippen LogP contribution in [0.2, 0.25) is 0 Å². The molecular formula is C62H115NO3. The number of aliphatic hydroxyl groups is 2. The normalized spacial score (nSPS) is 13.2. The lowest BCUT2D eigenvalue weighted by Crippen LogP contribution is -2.45. The molecule has 0 aromatic rings. The third-order valence-corrected chi connectivity index (χ3v) is 13.5. The van der Waals surface area contributed by atoms with Crippen LogP contribution in [0.25, 0.3) is 0 Å². The molecule has 0 aromatic heterocycles. The average Bonchev–Trinajstić information content (AvgIpc) is 3.32. The predicted octanol–water partition coefficient (Wildman–Crippen LogP) is 19.6. The van der Waals surface area contributed by atoms with Crippen LogP contribution in [0.3, 0.4) is 0 Å². The van der Waals surface area contributed by atoms with Crippen LogP contribution in [0.15, 0.2) is 60.8 Å². The Labute approximate surface area is 413 Å². The highest BCUT2D eigenvalue weighted by Gasteiger charge is 2.18. The summed E-state index contributed by atoms with van der Waals surface area (Å²) in [4.78, 5) is 12.5. The number of carbonyl (C=O) groups excluding carboxylic acids is 1. The third kappa shape index (κ3) is 53.1. The first kappa shape index (κ1) is 64.1. The van der Waals surface area contributed by atoms with Crippen molar-refractivity contribution in [3.05, 3.63) is 60.8 Å². The fourth-order valence-electron chi connectivity index (χ4n) is 9.06. The summed E-state index contributed by atoms with van der Waals surface area (Å²) in [7, 11) is 0. The van der Waals surface area contributed by atoms with Gasteiger partial charge in [0.1, 0.15) is 0 Å². The largest absolute Gasteiger partial charge is 0.394 e. The van der Waals surface area contributed by atoms with Gasteiger partial charge in [-0.25, -0.2) is 0 Å². The fourth-order valence-corrected chi connectivity index (χ4v) is 9.06. The summed E-state index contributed by atoms with van der Waals surface area (Å²) in [5.74, 6) is -0.0595. The van der Waals surface area contributed by atoms with Crippen LogP contribution >= 0.6 is 0 Å². The van der Waals surface area contributed by atoms with Gasteiger partial charge in [0.2, 0.25) is 5.91 Å². The molecule has 0 radical (unpaired) electrons. The molecule has 0 aliphatic heterocycles. The third-order valence-electron chi connectivity index (χ3n) is 13.5. The summed E-state index contributed by atoms with van der Waals surface area (Å²) in [6, 6.07) is -0.623. The minimum atomic E-state index is -0.840. The highest BCUT2D eigenvalue weighted by atomic mass is 16.3. The first-order chi connectivity index (χ1) is 32.7. The van der Waals surface area contributed by atoms with E-state index >= 15 is 0 Å². The SMILES string of the molecule is CC/C=C\C/C=C\C/C=C\C/C=C\CCCCCCCCCCCCCCCCCCCCCCC(=O)NC(CO)C(O)/C=C/CCCCCCCCCCCCCCCCCCCCC. The molecule has 3 N–H and O–H groups in total. The molecule has 0 rings (SSSR count). The maximum atomic E-state index is 12.5. The van der Waals surface area contributed by atoms with Gasteiger partial charge in [0.25, 0.3) is 0 Å². The minimum Gasteiger partial charge on any atom is -0.394 e. The number of hydrogen-bond donors (Lipinski definition) is 3. The molecule has 1 amide bonds. The van der Waals surface area contributed by atoms with Crippen LogP contribution in [0.4, 0.5) is 0 Å². The van der Waals surface area contributed by atoms with Gasteiger partial charge in [0.05, 0.1) is 18.8 Å². The molecule has 2 atom stereocenters. The van der Waals surface area contributed by atoms with E-state index in [1.807, 2.05) is 6.08 Å². The maximum Gasteiger partial charge on any atom is 0.220 e. The van der Waals surface area contributed by atoms with E-state index < -0.39 is 12.1 Å². The summed E-state index contributed by atoms with van der Waals surface area (Å²) in [6.45, 7) is 4.22. The van der Waals surface area contributed by atoms with Crippen LogP contribution < -0.4 is 5.32 Å². The van der Waals surface area contributed by atoms with E-state index in [9.17, 15) is 15.0 Å². The summed E-state index contributed by atoms with van der Waals surface area (Å²) in [5, 5.41) is 23.2. The number of rotatable bonds is 54. The smallest absolute Gasteiger partial charge is 0.220 e. The van der Waals surface area contributed by atoms with Crippen LogP contribution in [0.5, 0.6) is 0 Å². The Morgan fingerprint density at radius 1 is 0.379 bits per heavy atom. The highest BCUT2D eigenvalue weighted by Crippen LogP contribution is 2.17. The van der Waals surface area contributed by atoms with Gasteiger partial charge in [-0.3, -0.25) is 4.79 Å². The fraction of sp³-hybridized carbons (Fsp3) is 0.823. The highest BCUT2D eigenvalue weighted by molar-refractivity contribution is 5.76. The first-order valence-corrected chi connectivity index (χ1v) is 29.5. The summed E-state index contributed by atoms with van der Waals surface area (Å²) >= 11 is 0. The molecule has 0 aliphatic carbocycles. The topological polar surface area (TPSA) is 69.6 Å². The molecule has 0 saturated carbocycles. The Morgan fingerprint density at radius 3 is 1.00 bits per heavy atom. The molecule has 4 heteroatoms. The van der Waals surface area contributed by atoms with Crippen molar-refractivity contribution in [1.82, 2.24) is 5.32 Å². The van der Waals surface area contributed by atoms with Crippen molar-refractivity contribution in [2.24, 2.45) is 0 Å². The van der Waals surface area contributed by atoms with Gasteiger partial charge in [-0.2, -0.15) is 0 Å². The lowest BCUT2D eigenvalue weighted by molar-refractivity contribution is -0.123. The van der Waals surface area contributed by atoms with Crippen molar-refractivity contribution in [3.63, 3.8) is 0 Å². The van der Waals surface area contributed by atoms with Crippen LogP contribution in [-0.2, 0) is 4.79 Å². The van der Waals surface area contributed by atoms with Crippen molar-refractivity contribution >= 4 is 5.91 Å². The van der Waals surface area contributed by atoms with Crippen molar-refractivity contribution in [2.75, 3.05) is 6.61 Å². The number of amides is 1. The summed E-state index contributed by atoms with van der Waals surface area (Å²) in [5.41, 5.74) is 0. The second kappa shape index (κ2) is 57.4. The molecule has 0 aliphatic rings. The van der Waals surface area contributed by atoms with Gasteiger partial charge in [0, 0.05) is 6.42 Å². The van der Waals surface area contributed by atoms with Gasteiger partial charge >= 0.3 is 0 Å². The van der Waals surface area contributed by atoms with Crippen molar-refractivity contribution in [2.45, 2.75) is 321 Å². The van der Waals surface area contributed by atoms with Gasteiger partial charge in [-0.1, -0.05) is 306 Å². The number of carbonyl (C=O) groups is 1. The summed E-state index contributed by atoms with van der Waals surface area (Å²) in [6.07, 6.45) is 81.1. The quantitative estimate of drug-likeness (QED) is 0.0420. The zero-order chi connectivity index (χ0) is 47.7. The number of unbranched alkanes of at least 4 members (excludes halogenated alkanes) is 39. The molecule has 66 heavy (non-hydrogen) atoms. The molecule has 0 spiro atoms. The molecule has 2 unspecified atom stereocenters. The molecular weight excluding hydrogens is 807 g/mol. The number of allylic oxidation sites excluding steroid dienone is 9. The molecule has 4 nitrogen and oxygen atoms in total. The molecule has 0 bridgehead atoms. The minimum absolute atomic E-state index is 0.0595. The predicted molar refractivity (Wildman–Crippen MR) is 294 cm³/mol. The van der Waals surface area contributed by atoms with Gasteiger partial charge in [-0.05, 0) is 57.8 Å². The van der Waals surface area contributed by atoms with E-state index in [1.54, 1.807) is 6.08 Å². The molecule has 0 saturated heterocycles. The van der Waals surface area contributed by atoms with Crippen molar-refractivity contribution < 1.29 is 15.0 Å². The molecule has 386 valence electrons. The summed E-state index contributed by atoms with van der Waals surface area (Å²) < 4.78 is 0. The van der Waals surface area contributed by atoms with Gasteiger partial charge in [0.15, 0.2) is 0 Å². The zero-order valence-corrected chi connectivity index (χ0v) is 44.5. The number of hydrogen-bond acceptors (Lipinski definition) is 3. The first-order valence-electron chi connectivity index (χ1n) is 29.5. The lowest BCUT2D eigenvalue weighted by atomic mass is 10.0. The standard InChI is InChI=1S/C62H115NO3/c1-3-5-7-9-11-13-15-17-19-21-23-25-26-27-28-29-30-31-32-33-34-35-36-38-40-42-44-46-48-50-52-54-56-58-62(66)63-60(59-64)61(65)57-55-53-51-49-47-45-43-41-39-37-24-22-20-18-16-14-12-10-8-6-4-2/h5,7,11,13,17,19,23,25,55,57,60-61,64-65H,3-4,6,8-10,12,14-16,18,20-22,24,26-54,56,58-59H2,1-2H3,(H,63,66)/b7-5-,13-11-,19-17-,25-23-,57-55+. The molecule has 0 aromatic carbocycles. The second-order valence-electron chi connectivity index (χ2n) is 20.0. The Balaban J connectivity index is 3.46. The van der Waals surface area contributed by atoms with Crippen molar-refractivity contribution in [3.8, 4) is 0 Å². The van der Waals surface area contributed by atoms with E-state index in [0.29, 0.717) is 6.42 Å². The van der Waals surface area contributed by atoms with E-state index in [-0.39, 0.29) is 12.5 Å². The number of aliphatic hydroxyl groups excluding tert-OH is 2. The van der Waals surface area contributed by atoms with E-state index in [2.05, 4.69) is 67.8 Å². The zero-order valence-electron chi connectivity index (χ0n) is 44.5. The second-order valence-corrected chi connectivity index (χ2v) is 20.0. The van der Waals surface area contributed by atoms with Crippen LogP contribution in [-0.4, -0.2) is 34.9 Å². The van der Waals surface area contributed by atoms with Gasteiger partial charge < -0.3 is 15.5 Å². The van der Waals surface area contributed by atoms with E-state index in [1.165, 1.54) is 238 Å². The lowest BCUT2D eigenvalue weighted by Gasteiger charge is -2.20.